The summed E-state index contributed by atoms with van der Waals surface area (Å²) in [7, 11) is 0. The fourth-order valence-electron chi connectivity index (χ4n) is 2.92. The van der Waals surface area contributed by atoms with Crippen LogP contribution in [-0.4, -0.2) is 25.4 Å². The molecule has 0 radical (unpaired) electrons. The average molecular weight is 326 g/mol. The largest absolute Gasteiger partial charge is 0.493 e. The van der Waals surface area contributed by atoms with Gasteiger partial charge in [-0.05, 0) is 37.5 Å². The van der Waals surface area contributed by atoms with Crippen molar-refractivity contribution in [2.75, 3.05) is 19.8 Å². The van der Waals surface area contributed by atoms with E-state index in [1.165, 1.54) is 17.5 Å². The zero-order chi connectivity index (χ0) is 13.3. The molecular formula is C15H20BrNO2. The molecule has 0 spiro atoms. The molecule has 1 N–H and O–H groups in total. The summed E-state index contributed by atoms with van der Waals surface area (Å²) in [5, 5.41) is 3.52. The number of hydrogen-bond acceptors (Lipinski definition) is 3. The number of rotatable bonds is 4. The molecule has 2 heterocycles. The normalized spacial score (nSPS) is 25.4. The Balaban J connectivity index is 1.64. The summed E-state index contributed by atoms with van der Waals surface area (Å²) in [6.45, 7) is 5.62. The van der Waals surface area contributed by atoms with Crippen LogP contribution in [0.25, 0.3) is 0 Å². The molecule has 1 aromatic rings. The Kier molecular flexibility index (Phi) is 3.83. The van der Waals surface area contributed by atoms with Gasteiger partial charge in [0.05, 0.1) is 12.2 Å². The first-order chi connectivity index (χ1) is 9.16. The van der Waals surface area contributed by atoms with Gasteiger partial charge in [-0.25, -0.2) is 0 Å². The molecule has 19 heavy (non-hydrogen) atoms. The monoisotopic (exact) mass is 325 g/mol. The number of fused-ring (bicyclic) bond motifs is 1. The Bertz CT molecular complexity index is 469. The van der Waals surface area contributed by atoms with Crippen molar-refractivity contribution in [3.8, 4) is 5.75 Å². The van der Waals surface area contributed by atoms with Crippen LogP contribution >= 0.6 is 15.9 Å². The van der Waals surface area contributed by atoms with Crippen LogP contribution in [0, 0.1) is 0 Å². The smallest absolute Gasteiger partial charge is 0.127 e. The molecule has 0 amide bonds. The molecule has 1 saturated heterocycles. The molecule has 2 aliphatic rings. The SMILES string of the molecule is CC1(CNCc2cc(Br)cc3c2OCC3)CCCO1. The van der Waals surface area contributed by atoms with Crippen molar-refractivity contribution in [2.45, 2.75) is 38.3 Å². The van der Waals surface area contributed by atoms with E-state index in [0.29, 0.717) is 0 Å². The minimum Gasteiger partial charge on any atom is -0.493 e. The molecule has 0 saturated carbocycles. The molecule has 3 nitrogen and oxygen atoms in total. The summed E-state index contributed by atoms with van der Waals surface area (Å²) in [5.74, 6) is 1.08. The molecular weight excluding hydrogens is 306 g/mol. The van der Waals surface area contributed by atoms with Crippen molar-refractivity contribution in [1.82, 2.24) is 5.32 Å². The summed E-state index contributed by atoms with van der Waals surface area (Å²) in [6, 6.07) is 4.31. The van der Waals surface area contributed by atoms with Crippen molar-refractivity contribution in [3.63, 3.8) is 0 Å². The lowest BCUT2D eigenvalue weighted by molar-refractivity contribution is 0.0206. The van der Waals surface area contributed by atoms with Crippen LogP contribution < -0.4 is 10.1 Å². The van der Waals surface area contributed by atoms with Gasteiger partial charge in [-0.2, -0.15) is 0 Å². The van der Waals surface area contributed by atoms with Crippen molar-refractivity contribution in [3.05, 3.63) is 27.7 Å². The minimum atomic E-state index is 0.00996. The zero-order valence-electron chi connectivity index (χ0n) is 11.3. The van der Waals surface area contributed by atoms with E-state index in [-0.39, 0.29) is 5.60 Å². The third kappa shape index (κ3) is 2.96. The Hall–Kier alpha value is -0.580. The second kappa shape index (κ2) is 5.43. The molecule has 3 rings (SSSR count). The Labute approximate surface area is 122 Å². The Morgan fingerprint density at radius 2 is 2.26 bits per heavy atom. The second-order valence-corrected chi connectivity index (χ2v) is 6.57. The summed E-state index contributed by atoms with van der Waals surface area (Å²) in [5.41, 5.74) is 2.56. The quantitative estimate of drug-likeness (QED) is 0.923. The molecule has 1 unspecified atom stereocenters. The third-order valence-corrected chi connectivity index (χ3v) is 4.40. The Morgan fingerprint density at radius 1 is 1.37 bits per heavy atom. The number of benzene rings is 1. The molecule has 0 aromatic heterocycles. The van der Waals surface area contributed by atoms with Gasteiger partial charge in [0.25, 0.3) is 0 Å². The van der Waals surface area contributed by atoms with Crippen LogP contribution in [-0.2, 0) is 17.7 Å². The average Bonchev–Trinajstić information content (AvgIpc) is 2.98. The topological polar surface area (TPSA) is 30.5 Å². The predicted octanol–water partition coefficient (Wildman–Crippen LogP) is 3.04. The van der Waals surface area contributed by atoms with Crippen LogP contribution in [0.4, 0.5) is 0 Å². The molecule has 0 bridgehead atoms. The number of nitrogens with one attached hydrogen (secondary N) is 1. The first-order valence-electron chi connectivity index (χ1n) is 6.95. The van der Waals surface area contributed by atoms with Crippen molar-refractivity contribution < 1.29 is 9.47 Å². The highest BCUT2D eigenvalue weighted by atomic mass is 79.9. The van der Waals surface area contributed by atoms with E-state index >= 15 is 0 Å². The number of ether oxygens (including phenoxy) is 2. The lowest BCUT2D eigenvalue weighted by Gasteiger charge is -2.23. The van der Waals surface area contributed by atoms with Crippen LogP contribution in [0.2, 0.25) is 0 Å². The van der Waals surface area contributed by atoms with Gasteiger partial charge in [-0.1, -0.05) is 15.9 Å². The van der Waals surface area contributed by atoms with Gasteiger partial charge < -0.3 is 14.8 Å². The third-order valence-electron chi connectivity index (χ3n) is 3.94. The first kappa shape index (κ1) is 13.4. The van der Waals surface area contributed by atoms with Gasteiger partial charge >= 0.3 is 0 Å². The maximum Gasteiger partial charge on any atom is 0.127 e. The summed E-state index contributed by atoms with van der Waals surface area (Å²) >= 11 is 3.58. The van der Waals surface area contributed by atoms with Gasteiger partial charge in [0.2, 0.25) is 0 Å². The zero-order valence-corrected chi connectivity index (χ0v) is 12.9. The molecule has 1 fully saturated rings. The summed E-state index contributed by atoms with van der Waals surface area (Å²) < 4.78 is 12.7. The molecule has 1 atom stereocenters. The van der Waals surface area contributed by atoms with E-state index in [0.717, 1.165) is 49.4 Å². The van der Waals surface area contributed by atoms with Gasteiger partial charge in [-0.3, -0.25) is 0 Å². The van der Waals surface area contributed by atoms with Gasteiger partial charge in [0.15, 0.2) is 0 Å². The summed E-state index contributed by atoms with van der Waals surface area (Å²) in [4.78, 5) is 0. The van der Waals surface area contributed by atoms with Gasteiger partial charge in [0.1, 0.15) is 5.75 Å². The van der Waals surface area contributed by atoms with E-state index < -0.39 is 0 Å². The second-order valence-electron chi connectivity index (χ2n) is 5.66. The molecule has 4 heteroatoms. The maximum atomic E-state index is 5.79. The standard InChI is InChI=1S/C15H20BrNO2/c1-15(4-2-5-19-15)10-17-9-12-8-13(16)7-11-3-6-18-14(11)12/h7-8,17H,2-6,9-10H2,1H3. The van der Waals surface area contributed by atoms with Gasteiger partial charge in [0, 0.05) is 36.2 Å². The highest BCUT2D eigenvalue weighted by molar-refractivity contribution is 9.10. The van der Waals surface area contributed by atoms with Gasteiger partial charge in [-0.15, -0.1) is 0 Å². The maximum absolute atomic E-state index is 5.79. The van der Waals surface area contributed by atoms with Crippen LogP contribution in [0.3, 0.4) is 0 Å². The highest BCUT2D eigenvalue weighted by Gasteiger charge is 2.29. The van der Waals surface area contributed by atoms with Crippen LogP contribution in [0.1, 0.15) is 30.9 Å². The fourth-order valence-corrected chi connectivity index (χ4v) is 3.47. The Morgan fingerprint density at radius 3 is 3.05 bits per heavy atom. The van der Waals surface area contributed by atoms with E-state index in [1.807, 2.05) is 0 Å². The van der Waals surface area contributed by atoms with E-state index in [2.05, 4.69) is 40.3 Å². The number of hydrogen-bond donors (Lipinski definition) is 1. The van der Waals surface area contributed by atoms with Crippen molar-refractivity contribution in [1.29, 1.82) is 0 Å². The van der Waals surface area contributed by atoms with Crippen LogP contribution in [0.5, 0.6) is 5.75 Å². The lowest BCUT2D eigenvalue weighted by Crippen LogP contribution is -2.36. The highest BCUT2D eigenvalue weighted by Crippen LogP contribution is 2.33. The van der Waals surface area contributed by atoms with E-state index in [4.69, 9.17) is 9.47 Å². The van der Waals surface area contributed by atoms with Crippen molar-refractivity contribution in [2.24, 2.45) is 0 Å². The molecule has 104 valence electrons. The lowest BCUT2D eigenvalue weighted by atomic mass is 10.0. The van der Waals surface area contributed by atoms with Crippen LogP contribution in [0.15, 0.2) is 16.6 Å². The van der Waals surface area contributed by atoms with Crippen molar-refractivity contribution >= 4 is 15.9 Å². The summed E-state index contributed by atoms with van der Waals surface area (Å²) in [6.07, 6.45) is 3.34. The number of halogens is 1. The minimum absolute atomic E-state index is 0.00996. The molecule has 1 aromatic carbocycles. The first-order valence-corrected chi connectivity index (χ1v) is 7.74. The predicted molar refractivity (Wildman–Crippen MR) is 78.6 cm³/mol. The van der Waals surface area contributed by atoms with E-state index in [9.17, 15) is 0 Å². The molecule has 2 aliphatic heterocycles. The van der Waals surface area contributed by atoms with E-state index in [1.54, 1.807) is 0 Å². The molecule has 0 aliphatic carbocycles. The fraction of sp³-hybridized carbons (Fsp3) is 0.600.